The van der Waals surface area contributed by atoms with E-state index in [9.17, 15) is 9.59 Å². The van der Waals surface area contributed by atoms with Gasteiger partial charge < -0.3 is 20.3 Å². The Hall–Kier alpha value is -1.28. The normalized spacial score (nSPS) is 21.4. The van der Waals surface area contributed by atoms with Crippen molar-refractivity contribution in [1.82, 2.24) is 15.5 Å². The molecule has 3 rings (SSSR count). The van der Waals surface area contributed by atoms with Gasteiger partial charge in [-0.1, -0.05) is 12.1 Å². The molecule has 2 atom stereocenters. The van der Waals surface area contributed by atoms with Crippen LogP contribution >= 0.6 is 24.2 Å². The molecule has 0 spiro atoms. The number of rotatable bonds is 7. The number of methoxy groups -OCH3 is 1. The Bertz CT molecular complexity index is 647. The molecule has 1 aromatic carbocycles. The summed E-state index contributed by atoms with van der Waals surface area (Å²) in [5, 5.41) is 6.28. The largest absolute Gasteiger partial charge is 0.383 e. The zero-order valence-electron chi connectivity index (χ0n) is 16.3. The van der Waals surface area contributed by atoms with Crippen molar-refractivity contribution in [3.63, 3.8) is 0 Å². The fourth-order valence-electron chi connectivity index (χ4n) is 3.85. The van der Waals surface area contributed by atoms with Crippen LogP contribution in [0.25, 0.3) is 0 Å². The average Bonchev–Trinajstić information content (AvgIpc) is 3.04. The summed E-state index contributed by atoms with van der Waals surface area (Å²) in [5.41, 5.74) is 0.706. The summed E-state index contributed by atoms with van der Waals surface area (Å²) in [7, 11) is 1.61. The van der Waals surface area contributed by atoms with Gasteiger partial charge in [-0.15, -0.1) is 24.2 Å². The Morgan fingerprint density at radius 1 is 1.21 bits per heavy atom. The first kappa shape index (κ1) is 23.0. The third kappa shape index (κ3) is 6.11. The summed E-state index contributed by atoms with van der Waals surface area (Å²) in [6.07, 6.45) is 2.14. The fourth-order valence-corrected chi connectivity index (χ4v) is 4.72. The third-order valence-electron chi connectivity index (χ3n) is 5.41. The number of hydrogen-bond acceptors (Lipinski definition) is 5. The van der Waals surface area contributed by atoms with E-state index in [2.05, 4.69) is 10.6 Å². The molecule has 2 aliphatic rings. The summed E-state index contributed by atoms with van der Waals surface area (Å²) in [4.78, 5) is 27.9. The molecule has 2 amide bonds. The molecule has 28 heavy (non-hydrogen) atoms. The number of nitrogens with one attached hydrogen (secondary N) is 2. The van der Waals surface area contributed by atoms with Crippen molar-refractivity contribution in [2.24, 2.45) is 11.8 Å². The first-order valence-corrected chi connectivity index (χ1v) is 10.6. The highest BCUT2D eigenvalue weighted by molar-refractivity contribution is 8.00. The van der Waals surface area contributed by atoms with E-state index in [0.717, 1.165) is 43.9 Å². The number of ether oxygens (including phenoxy) is 1. The van der Waals surface area contributed by atoms with Gasteiger partial charge in [0.2, 0.25) is 5.91 Å². The molecule has 2 aliphatic heterocycles. The predicted molar refractivity (Wildman–Crippen MR) is 114 cm³/mol. The fraction of sp³-hybridized carbons (Fsp3) is 0.600. The lowest BCUT2D eigenvalue weighted by atomic mass is 9.92. The first-order valence-electron chi connectivity index (χ1n) is 9.66. The molecule has 0 unspecified atom stereocenters. The molecule has 156 valence electrons. The van der Waals surface area contributed by atoms with Crippen LogP contribution in [0.4, 0.5) is 0 Å². The van der Waals surface area contributed by atoms with Crippen LogP contribution < -0.4 is 10.6 Å². The predicted octanol–water partition coefficient (Wildman–Crippen LogP) is 2.03. The summed E-state index contributed by atoms with van der Waals surface area (Å²) in [6, 6.07) is 7.62. The van der Waals surface area contributed by atoms with E-state index in [1.807, 2.05) is 29.2 Å². The second-order valence-corrected chi connectivity index (χ2v) is 8.19. The quantitative estimate of drug-likeness (QED) is 0.514. The van der Waals surface area contributed by atoms with Crippen molar-refractivity contribution in [3.8, 4) is 0 Å². The van der Waals surface area contributed by atoms with Crippen LogP contribution in [0.3, 0.4) is 0 Å². The van der Waals surface area contributed by atoms with E-state index >= 15 is 0 Å². The van der Waals surface area contributed by atoms with Crippen molar-refractivity contribution >= 4 is 36.0 Å². The number of amides is 2. The summed E-state index contributed by atoms with van der Waals surface area (Å²) >= 11 is 1.42. The van der Waals surface area contributed by atoms with Crippen molar-refractivity contribution in [2.75, 3.05) is 52.2 Å². The molecule has 0 saturated carbocycles. The van der Waals surface area contributed by atoms with Crippen LogP contribution in [0.15, 0.2) is 29.2 Å². The van der Waals surface area contributed by atoms with Gasteiger partial charge in [-0.25, -0.2) is 0 Å². The molecule has 0 bridgehead atoms. The molecule has 2 fully saturated rings. The second-order valence-electron chi connectivity index (χ2n) is 7.18. The number of fused-ring (bicyclic) bond motifs is 1. The Morgan fingerprint density at radius 2 is 1.89 bits per heavy atom. The van der Waals surface area contributed by atoms with Gasteiger partial charge in [-0.3, -0.25) is 9.59 Å². The van der Waals surface area contributed by atoms with E-state index in [0.29, 0.717) is 36.3 Å². The van der Waals surface area contributed by atoms with Crippen LogP contribution in [0.1, 0.15) is 23.2 Å². The lowest BCUT2D eigenvalue weighted by Crippen LogP contribution is -2.33. The number of likely N-dealkylation sites (tertiary alicyclic amines) is 1. The molecule has 0 aliphatic carbocycles. The highest BCUT2D eigenvalue weighted by Crippen LogP contribution is 2.29. The molecule has 2 N–H and O–H groups in total. The summed E-state index contributed by atoms with van der Waals surface area (Å²) in [6.45, 7) is 4.80. The van der Waals surface area contributed by atoms with Gasteiger partial charge in [0.15, 0.2) is 0 Å². The molecule has 6 nitrogen and oxygen atoms in total. The van der Waals surface area contributed by atoms with Gasteiger partial charge in [0.25, 0.3) is 5.91 Å². The number of hydrogen-bond donors (Lipinski definition) is 2. The molecular weight excluding hydrogens is 398 g/mol. The Labute approximate surface area is 177 Å². The minimum atomic E-state index is -0.0469. The van der Waals surface area contributed by atoms with Crippen LogP contribution in [0.5, 0.6) is 0 Å². The number of nitrogens with zero attached hydrogens (tertiary/aromatic N) is 1. The van der Waals surface area contributed by atoms with Crippen LogP contribution in [-0.2, 0) is 9.53 Å². The van der Waals surface area contributed by atoms with Crippen LogP contribution in [0.2, 0.25) is 0 Å². The van der Waals surface area contributed by atoms with Gasteiger partial charge in [-0.05, 0) is 49.9 Å². The first-order chi connectivity index (χ1) is 13.2. The lowest BCUT2D eigenvalue weighted by Gasteiger charge is -2.22. The zero-order chi connectivity index (χ0) is 19.1. The molecule has 0 aromatic heterocycles. The van der Waals surface area contributed by atoms with Crippen molar-refractivity contribution in [3.05, 3.63) is 29.8 Å². The average molecular weight is 428 g/mol. The highest BCUT2D eigenvalue weighted by Gasteiger charge is 2.32. The van der Waals surface area contributed by atoms with E-state index in [-0.39, 0.29) is 24.2 Å². The SMILES string of the molecule is COCCNC(=O)CSc1ccccc1C(=O)N1CC[C@@H]2CNC[C@@H]2CC1.Cl. The van der Waals surface area contributed by atoms with E-state index < -0.39 is 0 Å². The van der Waals surface area contributed by atoms with Crippen molar-refractivity contribution in [1.29, 1.82) is 0 Å². The third-order valence-corrected chi connectivity index (χ3v) is 6.48. The maximum Gasteiger partial charge on any atom is 0.254 e. The van der Waals surface area contributed by atoms with Gasteiger partial charge >= 0.3 is 0 Å². The summed E-state index contributed by atoms with van der Waals surface area (Å²) < 4.78 is 4.93. The number of carbonyl (C=O) groups excluding carboxylic acids is 2. The Balaban J connectivity index is 0.00000280. The number of carbonyl (C=O) groups is 2. The number of thioether (sulfide) groups is 1. The highest BCUT2D eigenvalue weighted by atomic mass is 35.5. The van der Waals surface area contributed by atoms with Gasteiger partial charge in [0.1, 0.15) is 0 Å². The molecule has 0 radical (unpaired) electrons. The molecule has 2 heterocycles. The van der Waals surface area contributed by atoms with E-state index in [4.69, 9.17) is 4.74 Å². The topological polar surface area (TPSA) is 70.7 Å². The van der Waals surface area contributed by atoms with Crippen LogP contribution in [-0.4, -0.2) is 68.9 Å². The zero-order valence-corrected chi connectivity index (χ0v) is 17.9. The van der Waals surface area contributed by atoms with Crippen LogP contribution in [0, 0.1) is 11.8 Å². The van der Waals surface area contributed by atoms with E-state index in [1.54, 1.807) is 7.11 Å². The minimum Gasteiger partial charge on any atom is -0.383 e. The maximum absolute atomic E-state index is 13.1. The van der Waals surface area contributed by atoms with E-state index in [1.165, 1.54) is 11.8 Å². The Kier molecular flexibility index (Phi) is 9.58. The van der Waals surface area contributed by atoms with Gasteiger partial charge in [0, 0.05) is 31.6 Å². The number of benzene rings is 1. The molecule has 2 saturated heterocycles. The lowest BCUT2D eigenvalue weighted by molar-refractivity contribution is -0.118. The minimum absolute atomic E-state index is 0. The maximum atomic E-state index is 13.1. The van der Waals surface area contributed by atoms with Gasteiger partial charge in [-0.2, -0.15) is 0 Å². The smallest absolute Gasteiger partial charge is 0.254 e. The van der Waals surface area contributed by atoms with Gasteiger partial charge in [0.05, 0.1) is 17.9 Å². The number of halogens is 1. The van der Waals surface area contributed by atoms with Crippen molar-refractivity contribution < 1.29 is 14.3 Å². The molecule has 8 heteroatoms. The summed E-state index contributed by atoms with van der Waals surface area (Å²) in [5.74, 6) is 1.73. The molecular formula is C20H30ClN3O3S. The standard InChI is InChI=1S/C20H29N3O3S.ClH/c1-26-11-8-22-19(24)14-27-18-5-3-2-4-17(18)20(25)23-9-6-15-12-21-13-16(15)7-10-23;/h2-5,15-16,21H,6-14H2,1H3,(H,22,24);1H/t15-,16+;. The Morgan fingerprint density at radius 3 is 2.57 bits per heavy atom. The monoisotopic (exact) mass is 427 g/mol. The molecule has 1 aromatic rings. The second kappa shape index (κ2) is 11.7. The van der Waals surface area contributed by atoms with Crippen molar-refractivity contribution in [2.45, 2.75) is 17.7 Å².